The number of hydrogen-bond donors (Lipinski definition) is 1. The van der Waals surface area contributed by atoms with Crippen LogP contribution >= 0.6 is 0 Å². The molecule has 1 saturated heterocycles. The van der Waals surface area contributed by atoms with Gasteiger partial charge in [-0.25, -0.2) is 0 Å². The van der Waals surface area contributed by atoms with Gasteiger partial charge in [0.15, 0.2) is 0 Å². The summed E-state index contributed by atoms with van der Waals surface area (Å²) in [6.45, 7) is 17.9. The number of allylic oxidation sites excluding steroid dienone is 1. The molecule has 2 fully saturated rings. The Kier molecular flexibility index (Phi) is 6.02. The first-order chi connectivity index (χ1) is 14.0. The molecule has 0 aromatic rings. The van der Waals surface area contributed by atoms with Crippen LogP contribution in [0.3, 0.4) is 0 Å². The van der Waals surface area contributed by atoms with Crippen LogP contribution in [0, 0.1) is 39.9 Å². The molecule has 1 N–H and O–H groups in total. The number of ether oxygens (including phenoxy) is 1. The molecule has 4 aliphatic rings. The molecule has 7 atom stereocenters. The highest BCUT2D eigenvalue weighted by Crippen LogP contribution is 2.65. The Balaban J connectivity index is 1.57. The first-order valence-electron chi connectivity index (χ1n) is 13.0. The third-order valence-corrected chi connectivity index (χ3v) is 10.5. The fourth-order valence-corrected chi connectivity index (χ4v) is 8.49. The summed E-state index contributed by atoms with van der Waals surface area (Å²) < 4.78 is 6.68. The predicted octanol–water partition coefficient (Wildman–Crippen LogP) is 7.16. The molecule has 0 bridgehead atoms. The van der Waals surface area contributed by atoms with Crippen molar-refractivity contribution < 1.29 is 9.84 Å². The van der Waals surface area contributed by atoms with Crippen molar-refractivity contribution in [3.05, 3.63) is 11.1 Å². The van der Waals surface area contributed by atoms with Crippen LogP contribution in [0.5, 0.6) is 0 Å². The van der Waals surface area contributed by atoms with Gasteiger partial charge in [-0.2, -0.15) is 0 Å². The molecule has 0 aromatic heterocycles. The number of aliphatic hydroxyl groups is 1. The van der Waals surface area contributed by atoms with Gasteiger partial charge >= 0.3 is 0 Å². The molecule has 0 radical (unpaired) electrons. The van der Waals surface area contributed by atoms with Crippen molar-refractivity contribution in [3.8, 4) is 0 Å². The first-order valence-corrected chi connectivity index (χ1v) is 13.0. The zero-order valence-corrected chi connectivity index (χ0v) is 20.9. The van der Waals surface area contributed by atoms with Gasteiger partial charge in [0.25, 0.3) is 0 Å². The van der Waals surface area contributed by atoms with Gasteiger partial charge in [-0.1, -0.05) is 73.3 Å². The molecule has 30 heavy (non-hydrogen) atoms. The van der Waals surface area contributed by atoms with Gasteiger partial charge in [-0.3, -0.25) is 0 Å². The van der Waals surface area contributed by atoms with Crippen molar-refractivity contribution in [2.75, 3.05) is 6.61 Å². The van der Waals surface area contributed by atoms with Crippen molar-refractivity contribution >= 4 is 0 Å². The molecule has 1 heterocycles. The average molecular weight is 417 g/mol. The van der Waals surface area contributed by atoms with E-state index in [2.05, 4.69) is 48.5 Å². The monoisotopic (exact) mass is 416 g/mol. The lowest BCUT2D eigenvalue weighted by atomic mass is 9.46. The van der Waals surface area contributed by atoms with E-state index in [4.69, 9.17) is 4.74 Å². The largest absolute Gasteiger partial charge is 0.393 e. The van der Waals surface area contributed by atoms with Crippen molar-refractivity contribution in [3.63, 3.8) is 0 Å². The van der Waals surface area contributed by atoms with Crippen LogP contribution in [-0.2, 0) is 4.74 Å². The fraction of sp³-hybridized carbons (Fsp3) is 0.929. The van der Waals surface area contributed by atoms with E-state index in [1.54, 1.807) is 11.1 Å². The predicted molar refractivity (Wildman–Crippen MR) is 125 cm³/mol. The van der Waals surface area contributed by atoms with E-state index < -0.39 is 0 Å². The Morgan fingerprint density at radius 3 is 2.43 bits per heavy atom. The summed E-state index contributed by atoms with van der Waals surface area (Å²) in [7, 11) is 0. The summed E-state index contributed by atoms with van der Waals surface area (Å²) in [4.78, 5) is 0. The van der Waals surface area contributed by atoms with Crippen LogP contribution in [0.4, 0.5) is 0 Å². The summed E-state index contributed by atoms with van der Waals surface area (Å²) >= 11 is 0. The second-order valence-corrected chi connectivity index (χ2v) is 13.0. The lowest BCUT2D eigenvalue weighted by Gasteiger charge is -2.59. The molecule has 2 nitrogen and oxygen atoms in total. The van der Waals surface area contributed by atoms with E-state index in [0.29, 0.717) is 23.4 Å². The Morgan fingerprint density at radius 2 is 1.73 bits per heavy atom. The van der Waals surface area contributed by atoms with Crippen LogP contribution in [-0.4, -0.2) is 23.9 Å². The van der Waals surface area contributed by atoms with Gasteiger partial charge in [0, 0.05) is 5.41 Å². The van der Waals surface area contributed by atoms with Crippen LogP contribution in [0.2, 0.25) is 0 Å². The Labute approximate surface area is 186 Å². The number of fused-ring (bicyclic) bond motifs is 4. The molecular weight excluding hydrogens is 368 g/mol. The summed E-state index contributed by atoms with van der Waals surface area (Å²) in [5, 5.41) is 10.7. The normalized spacial score (nSPS) is 43.9. The Morgan fingerprint density at radius 1 is 1.00 bits per heavy atom. The van der Waals surface area contributed by atoms with Gasteiger partial charge in [0.2, 0.25) is 0 Å². The Hall–Kier alpha value is -0.340. The van der Waals surface area contributed by atoms with Gasteiger partial charge in [-0.05, 0) is 78.6 Å². The van der Waals surface area contributed by atoms with Crippen molar-refractivity contribution in [2.45, 2.75) is 118 Å². The van der Waals surface area contributed by atoms with Crippen molar-refractivity contribution in [2.24, 2.45) is 39.9 Å². The second-order valence-electron chi connectivity index (χ2n) is 13.0. The standard InChI is InChI=1S/C28H48O2/c1-18(2)9-8-10-19(3)22-17-30-25-20-11-12-23-26(4,5)24(29)14-16-27(23,6)21(20)13-15-28(22,25)7/h18-19,22-25,29H,8-17H2,1-7H3/t19-,22-,23+,24+,25+,27-,28-/m1/s1. The molecule has 172 valence electrons. The highest BCUT2D eigenvalue weighted by atomic mass is 16.5. The number of hydrogen-bond acceptors (Lipinski definition) is 2. The van der Waals surface area contributed by atoms with Crippen LogP contribution in [0.1, 0.15) is 106 Å². The van der Waals surface area contributed by atoms with E-state index in [-0.39, 0.29) is 16.9 Å². The lowest BCUT2D eigenvalue weighted by Crippen LogP contribution is -2.54. The van der Waals surface area contributed by atoms with Crippen LogP contribution in [0.15, 0.2) is 11.1 Å². The topological polar surface area (TPSA) is 29.5 Å². The summed E-state index contributed by atoms with van der Waals surface area (Å²) in [6.07, 6.45) is 11.4. The summed E-state index contributed by atoms with van der Waals surface area (Å²) in [5.41, 5.74) is 4.04. The molecule has 3 aliphatic carbocycles. The minimum absolute atomic E-state index is 0.0241. The molecule has 1 saturated carbocycles. The SMILES string of the molecule is CC(C)CCC[C@@H](C)[C@H]1CO[C@H]2C3=C(CC[C@]12C)[C@@]1(C)CC[C@H](O)C(C)(C)[C@@H]1CC3. The number of rotatable bonds is 5. The smallest absolute Gasteiger partial charge is 0.0845 e. The fourth-order valence-electron chi connectivity index (χ4n) is 8.49. The van der Waals surface area contributed by atoms with Gasteiger partial charge in [0.05, 0.1) is 18.8 Å². The maximum absolute atomic E-state index is 10.7. The van der Waals surface area contributed by atoms with Gasteiger partial charge < -0.3 is 9.84 Å². The van der Waals surface area contributed by atoms with E-state index in [1.807, 2.05) is 0 Å². The second kappa shape index (κ2) is 7.91. The van der Waals surface area contributed by atoms with E-state index in [0.717, 1.165) is 31.3 Å². The van der Waals surface area contributed by atoms with Gasteiger partial charge in [-0.15, -0.1) is 0 Å². The van der Waals surface area contributed by atoms with Gasteiger partial charge in [0.1, 0.15) is 0 Å². The van der Waals surface area contributed by atoms with E-state index >= 15 is 0 Å². The zero-order chi connectivity index (χ0) is 21.9. The average Bonchev–Trinajstić information content (AvgIpc) is 3.02. The highest BCUT2D eigenvalue weighted by Gasteiger charge is 2.59. The molecule has 1 aliphatic heterocycles. The molecule has 2 heteroatoms. The highest BCUT2D eigenvalue weighted by molar-refractivity contribution is 5.36. The molecule has 0 unspecified atom stereocenters. The molecule has 0 amide bonds. The third kappa shape index (κ3) is 3.43. The summed E-state index contributed by atoms with van der Waals surface area (Å²) in [5.74, 6) is 2.89. The van der Waals surface area contributed by atoms with Crippen LogP contribution in [0.25, 0.3) is 0 Å². The number of aliphatic hydroxyl groups excluding tert-OH is 1. The van der Waals surface area contributed by atoms with Crippen molar-refractivity contribution in [1.82, 2.24) is 0 Å². The summed E-state index contributed by atoms with van der Waals surface area (Å²) in [6, 6.07) is 0. The maximum atomic E-state index is 10.7. The quantitative estimate of drug-likeness (QED) is 0.482. The van der Waals surface area contributed by atoms with Crippen molar-refractivity contribution in [1.29, 1.82) is 0 Å². The molecule has 0 aromatic carbocycles. The molecule has 0 spiro atoms. The van der Waals surface area contributed by atoms with Crippen LogP contribution < -0.4 is 0 Å². The zero-order valence-electron chi connectivity index (χ0n) is 20.9. The third-order valence-electron chi connectivity index (χ3n) is 10.5. The molecular formula is C28H48O2. The maximum Gasteiger partial charge on any atom is 0.0845 e. The lowest BCUT2D eigenvalue weighted by molar-refractivity contribution is -0.0945. The van der Waals surface area contributed by atoms with E-state index in [1.165, 1.54) is 44.9 Å². The minimum atomic E-state index is -0.148. The first kappa shape index (κ1) is 22.8. The Bertz CT molecular complexity index is 676. The molecule has 4 rings (SSSR count). The van der Waals surface area contributed by atoms with E-state index in [9.17, 15) is 5.11 Å². The minimum Gasteiger partial charge on any atom is -0.393 e.